The molecule has 0 spiro atoms. The van der Waals surface area contributed by atoms with E-state index in [0.717, 1.165) is 31.0 Å². The first-order valence-electron chi connectivity index (χ1n) is 8.93. The minimum absolute atomic E-state index is 0.272. The molecular formula is C18H24N4O3. The van der Waals surface area contributed by atoms with E-state index in [1.807, 2.05) is 0 Å². The molecule has 0 aromatic carbocycles. The predicted octanol–water partition coefficient (Wildman–Crippen LogP) is 1.12. The maximum Gasteiger partial charge on any atom is 0.351 e. The van der Waals surface area contributed by atoms with Crippen molar-refractivity contribution in [2.75, 3.05) is 32.7 Å². The van der Waals surface area contributed by atoms with Crippen LogP contribution in [-0.4, -0.2) is 66.1 Å². The number of carbonyl (C=O) groups is 3. The Bertz CT molecular complexity index is 632. The number of rotatable bonds is 6. The first-order chi connectivity index (χ1) is 12.1. The number of urea groups is 1. The lowest BCUT2D eigenvalue weighted by atomic mass is 9.95. The van der Waals surface area contributed by atoms with E-state index in [1.54, 1.807) is 24.3 Å². The summed E-state index contributed by atoms with van der Waals surface area (Å²) in [5.74, 6) is -1.28. The molecule has 1 aliphatic carbocycles. The lowest BCUT2D eigenvalue weighted by molar-refractivity contribution is -0.134. The quantitative estimate of drug-likeness (QED) is 0.732. The van der Waals surface area contributed by atoms with Gasteiger partial charge in [0.25, 0.3) is 0 Å². The number of aliphatic imine (C=N–C) groups is 1. The van der Waals surface area contributed by atoms with E-state index in [4.69, 9.17) is 0 Å². The zero-order valence-electron chi connectivity index (χ0n) is 14.3. The van der Waals surface area contributed by atoms with Crippen LogP contribution >= 0.6 is 0 Å². The second-order valence-corrected chi connectivity index (χ2v) is 6.57. The summed E-state index contributed by atoms with van der Waals surface area (Å²) in [6.45, 7) is 3.51. The van der Waals surface area contributed by atoms with Crippen molar-refractivity contribution in [3.05, 3.63) is 24.3 Å². The highest BCUT2D eigenvalue weighted by Crippen LogP contribution is 2.19. The van der Waals surface area contributed by atoms with Crippen LogP contribution < -0.4 is 5.32 Å². The molecular weight excluding hydrogens is 320 g/mol. The van der Waals surface area contributed by atoms with Gasteiger partial charge in [-0.25, -0.2) is 4.79 Å². The fraction of sp³-hybridized carbons (Fsp3) is 0.556. The van der Waals surface area contributed by atoms with Crippen LogP contribution in [0, 0.1) is 5.92 Å². The summed E-state index contributed by atoms with van der Waals surface area (Å²) >= 11 is 0. The second-order valence-electron chi connectivity index (χ2n) is 6.57. The predicted molar refractivity (Wildman–Crippen MR) is 94.2 cm³/mol. The number of carbonyl (C=O) groups excluding carboxylic acids is 3. The van der Waals surface area contributed by atoms with Gasteiger partial charge in [-0.15, -0.1) is 0 Å². The van der Waals surface area contributed by atoms with Gasteiger partial charge in [0, 0.05) is 6.54 Å². The summed E-state index contributed by atoms with van der Waals surface area (Å²) in [5.41, 5.74) is 0.440. The van der Waals surface area contributed by atoms with Crippen LogP contribution in [0.15, 0.2) is 29.3 Å². The Labute approximate surface area is 147 Å². The highest BCUT2D eigenvalue weighted by atomic mass is 16.2. The molecule has 2 aliphatic heterocycles. The Balaban J connectivity index is 1.43. The first-order valence-corrected chi connectivity index (χ1v) is 8.93. The lowest BCUT2D eigenvalue weighted by Crippen LogP contribution is -2.50. The number of nitrogens with one attached hydrogen (secondary N) is 1. The highest BCUT2D eigenvalue weighted by Gasteiger charge is 2.36. The largest absolute Gasteiger partial charge is 0.354 e. The number of fused-ring (bicyclic) bond motifs is 1. The molecule has 1 unspecified atom stereocenters. The van der Waals surface area contributed by atoms with E-state index in [9.17, 15) is 14.4 Å². The summed E-state index contributed by atoms with van der Waals surface area (Å²) in [6.07, 6.45) is 11.5. The van der Waals surface area contributed by atoms with Gasteiger partial charge >= 0.3 is 6.03 Å². The van der Waals surface area contributed by atoms with Gasteiger partial charge in [-0.05, 0) is 45.0 Å². The van der Waals surface area contributed by atoms with Crippen LogP contribution in [0.1, 0.15) is 25.7 Å². The molecule has 0 aromatic heterocycles. The fourth-order valence-corrected chi connectivity index (χ4v) is 3.34. The Morgan fingerprint density at radius 3 is 2.80 bits per heavy atom. The topological polar surface area (TPSA) is 82.1 Å². The van der Waals surface area contributed by atoms with Gasteiger partial charge in [0.15, 0.2) is 0 Å². The maximum atomic E-state index is 12.4. The van der Waals surface area contributed by atoms with Crippen molar-refractivity contribution in [3.8, 4) is 0 Å². The summed E-state index contributed by atoms with van der Waals surface area (Å²) < 4.78 is 0. The van der Waals surface area contributed by atoms with Crippen LogP contribution in [0.25, 0.3) is 0 Å². The summed E-state index contributed by atoms with van der Waals surface area (Å²) in [4.78, 5) is 43.7. The zero-order chi connectivity index (χ0) is 17.6. The average molecular weight is 344 g/mol. The molecule has 0 aromatic rings. The van der Waals surface area contributed by atoms with Crippen molar-refractivity contribution < 1.29 is 14.4 Å². The van der Waals surface area contributed by atoms with Crippen molar-refractivity contribution in [1.29, 1.82) is 0 Å². The number of piperidine rings is 1. The standard InChI is InChI=1S/C18H24N4O3/c23-16(19-9-6-12-21-10-4-1-5-11-21)13-22-17(24)14-7-2-3-8-15(14)20-18(22)25/h2-3,7-8,14H,1,4-6,9-13H2,(H,19,23). The molecule has 1 fully saturated rings. The van der Waals surface area contributed by atoms with E-state index in [2.05, 4.69) is 15.2 Å². The van der Waals surface area contributed by atoms with Crippen molar-refractivity contribution in [2.24, 2.45) is 10.9 Å². The normalized spacial score (nSPS) is 23.4. The monoisotopic (exact) mass is 344 g/mol. The van der Waals surface area contributed by atoms with Crippen molar-refractivity contribution in [1.82, 2.24) is 15.1 Å². The molecule has 134 valence electrons. The van der Waals surface area contributed by atoms with Crippen LogP contribution in [0.5, 0.6) is 0 Å². The first kappa shape index (κ1) is 17.5. The smallest absolute Gasteiger partial charge is 0.351 e. The fourth-order valence-electron chi connectivity index (χ4n) is 3.34. The third-order valence-corrected chi connectivity index (χ3v) is 4.71. The molecule has 7 nitrogen and oxygen atoms in total. The molecule has 3 rings (SSSR count). The Kier molecular flexibility index (Phi) is 5.75. The van der Waals surface area contributed by atoms with Crippen LogP contribution in [0.4, 0.5) is 4.79 Å². The molecule has 25 heavy (non-hydrogen) atoms. The number of hydrogen-bond acceptors (Lipinski definition) is 4. The minimum atomic E-state index is -0.667. The van der Waals surface area contributed by atoms with Gasteiger partial charge in [0.1, 0.15) is 6.54 Å². The van der Waals surface area contributed by atoms with E-state index in [1.165, 1.54) is 19.3 Å². The summed E-state index contributed by atoms with van der Waals surface area (Å²) in [5, 5.41) is 2.79. The molecule has 0 radical (unpaired) electrons. The molecule has 2 heterocycles. The molecule has 4 amide bonds. The summed E-state index contributed by atoms with van der Waals surface area (Å²) in [7, 11) is 0. The highest BCUT2D eigenvalue weighted by molar-refractivity contribution is 6.22. The van der Waals surface area contributed by atoms with Gasteiger partial charge in [-0.1, -0.05) is 24.6 Å². The average Bonchev–Trinajstić information content (AvgIpc) is 2.63. The van der Waals surface area contributed by atoms with E-state index < -0.39 is 11.9 Å². The van der Waals surface area contributed by atoms with E-state index >= 15 is 0 Å². The van der Waals surface area contributed by atoms with Crippen LogP contribution in [-0.2, 0) is 9.59 Å². The molecule has 1 N–H and O–H groups in total. The molecule has 1 saturated heterocycles. The molecule has 3 aliphatic rings. The number of hydrogen-bond donors (Lipinski definition) is 1. The Morgan fingerprint density at radius 2 is 2.00 bits per heavy atom. The molecule has 7 heteroatoms. The number of allylic oxidation sites excluding steroid dienone is 3. The van der Waals surface area contributed by atoms with Gasteiger partial charge in [-0.2, -0.15) is 4.99 Å². The third kappa shape index (κ3) is 4.42. The van der Waals surface area contributed by atoms with Gasteiger partial charge in [0.2, 0.25) is 11.8 Å². The third-order valence-electron chi connectivity index (χ3n) is 4.71. The number of imide groups is 1. The summed E-state index contributed by atoms with van der Waals surface area (Å²) in [6, 6.07) is -0.667. The van der Waals surface area contributed by atoms with Crippen molar-refractivity contribution in [3.63, 3.8) is 0 Å². The Hall–Kier alpha value is -2.28. The van der Waals surface area contributed by atoms with Crippen molar-refractivity contribution in [2.45, 2.75) is 25.7 Å². The van der Waals surface area contributed by atoms with Gasteiger partial charge in [0.05, 0.1) is 11.6 Å². The Morgan fingerprint density at radius 1 is 1.20 bits per heavy atom. The second kappa shape index (κ2) is 8.20. The van der Waals surface area contributed by atoms with Crippen molar-refractivity contribution >= 4 is 23.6 Å². The van der Waals surface area contributed by atoms with E-state index in [0.29, 0.717) is 12.3 Å². The van der Waals surface area contributed by atoms with Crippen LogP contribution in [0.3, 0.4) is 0 Å². The van der Waals surface area contributed by atoms with E-state index in [-0.39, 0.29) is 18.4 Å². The molecule has 0 bridgehead atoms. The number of amides is 4. The lowest BCUT2D eigenvalue weighted by Gasteiger charge is -2.28. The van der Waals surface area contributed by atoms with Gasteiger partial charge in [-0.3, -0.25) is 14.5 Å². The zero-order valence-corrected chi connectivity index (χ0v) is 14.3. The SMILES string of the molecule is O=C(CN1C(=O)N=C2C=CC=CC2C1=O)NCCCN1CCCCC1. The van der Waals surface area contributed by atoms with Gasteiger partial charge < -0.3 is 10.2 Å². The number of nitrogens with zero attached hydrogens (tertiary/aromatic N) is 3. The minimum Gasteiger partial charge on any atom is -0.354 e. The van der Waals surface area contributed by atoms with Crippen LogP contribution in [0.2, 0.25) is 0 Å². The molecule has 1 atom stereocenters. The number of likely N-dealkylation sites (tertiary alicyclic amines) is 1. The molecule has 0 saturated carbocycles. The maximum absolute atomic E-state index is 12.4.